The Morgan fingerprint density at radius 1 is 1.20 bits per heavy atom. The average molecular weight is 438 g/mol. The van der Waals surface area contributed by atoms with Crippen LogP contribution >= 0.6 is 23.1 Å². The van der Waals surface area contributed by atoms with E-state index in [2.05, 4.69) is 20.5 Å². The van der Waals surface area contributed by atoms with Crippen molar-refractivity contribution in [2.24, 2.45) is 0 Å². The van der Waals surface area contributed by atoms with Crippen molar-refractivity contribution in [3.05, 3.63) is 66.3 Å². The quantitative estimate of drug-likeness (QED) is 0.428. The lowest BCUT2D eigenvalue weighted by Crippen LogP contribution is -2.22. The lowest BCUT2D eigenvalue weighted by molar-refractivity contribution is -0.115. The van der Waals surface area contributed by atoms with Gasteiger partial charge < -0.3 is 10.1 Å². The van der Waals surface area contributed by atoms with Gasteiger partial charge in [0.2, 0.25) is 5.91 Å². The van der Waals surface area contributed by atoms with Crippen molar-refractivity contribution in [1.29, 1.82) is 0 Å². The second kappa shape index (κ2) is 9.10. The van der Waals surface area contributed by atoms with E-state index in [-0.39, 0.29) is 11.2 Å². The highest BCUT2D eigenvalue weighted by Crippen LogP contribution is 2.28. The highest BCUT2D eigenvalue weighted by Gasteiger charge is 2.20. The fourth-order valence-corrected chi connectivity index (χ4v) is 4.30. The van der Waals surface area contributed by atoms with E-state index in [0.29, 0.717) is 10.3 Å². The Morgan fingerprint density at radius 3 is 2.83 bits per heavy atom. The molecular weight excluding hydrogens is 418 g/mol. The van der Waals surface area contributed by atoms with Crippen LogP contribution in [0.2, 0.25) is 0 Å². The zero-order valence-corrected chi connectivity index (χ0v) is 18.0. The van der Waals surface area contributed by atoms with E-state index in [1.807, 2.05) is 71.5 Å². The Balaban J connectivity index is 1.44. The number of thioether (sulfide) groups is 1. The van der Waals surface area contributed by atoms with E-state index >= 15 is 0 Å². The number of nitrogens with one attached hydrogen (secondary N) is 1. The molecule has 0 fully saturated rings. The summed E-state index contributed by atoms with van der Waals surface area (Å²) in [7, 11) is 1.62. The molecule has 0 spiro atoms. The van der Waals surface area contributed by atoms with Gasteiger partial charge in [0.15, 0.2) is 10.3 Å². The number of anilines is 1. The molecule has 152 valence electrons. The van der Waals surface area contributed by atoms with Crippen LogP contribution < -0.4 is 10.1 Å². The summed E-state index contributed by atoms with van der Waals surface area (Å²) in [6, 6.07) is 17.4. The molecule has 0 unspecified atom stereocenters. The molecule has 4 rings (SSSR count). The summed E-state index contributed by atoms with van der Waals surface area (Å²) >= 11 is 2.73. The maximum absolute atomic E-state index is 12.7. The smallest absolute Gasteiger partial charge is 0.239 e. The largest absolute Gasteiger partial charge is 0.497 e. The number of carbonyl (C=O) groups is 1. The summed E-state index contributed by atoms with van der Waals surface area (Å²) in [5, 5.41) is 13.8. The highest BCUT2D eigenvalue weighted by atomic mass is 32.2. The van der Waals surface area contributed by atoms with Gasteiger partial charge in [0.05, 0.1) is 23.7 Å². The van der Waals surface area contributed by atoms with Gasteiger partial charge >= 0.3 is 0 Å². The molecule has 4 aromatic rings. The van der Waals surface area contributed by atoms with Crippen molar-refractivity contribution in [1.82, 2.24) is 19.7 Å². The topological polar surface area (TPSA) is 81.9 Å². The van der Waals surface area contributed by atoms with Crippen molar-refractivity contribution in [3.63, 3.8) is 0 Å². The molecule has 1 amide bonds. The first-order valence-corrected chi connectivity index (χ1v) is 10.9. The fourth-order valence-electron chi connectivity index (χ4n) is 2.73. The van der Waals surface area contributed by atoms with Crippen LogP contribution in [-0.2, 0) is 4.79 Å². The summed E-state index contributed by atoms with van der Waals surface area (Å²) in [6.45, 7) is 1.83. The molecule has 7 nitrogen and oxygen atoms in total. The monoisotopic (exact) mass is 437 g/mol. The Bertz CT molecular complexity index is 1140. The number of amides is 1. The van der Waals surface area contributed by atoms with E-state index in [9.17, 15) is 4.79 Å². The zero-order valence-electron chi connectivity index (χ0n) is 16.4. The van der Waals surface area contributed by atoms with Gasteiger partial charge in [-0.3, -0.25) is 9.36 Å². The van der Waals surface area contributed by atoms with E-state index in [4.69, 9.17) is 4.74 Å². The molecule has 30 heavy (non-hydrogen) atoms. The first-order chi connectivity index (χ1) is 14.6. The molecule has 0 saturated carbocycles. The van der Waals surface area contributed by atoms with Gasteiger partial charge in [-0.15, -0.1) is 21.5 Å². The van der Waals surface area contributed by atoms with Gasteiger partial charge in [-0.05, 0) is 19.1 Å². The Morgan fingerprint density at radius 2 is 2.03 bits per heavy atom. The second-order valence-electron chi connectivity index (χ2n) is 6.34. The molecule has 0 aliphatic rings. The fraction of sp³-hybridized carbons (Fsp3) is 0.143. The molecule has 0 saturated heterocycles. The lowest BCUT2D eigenvalue weighted by atomic mass is 10.2. The molecule has 2 aromatic carbocycles. The second-order valence-corrected chi connectivity index (χ2v) is 8.50. The van der Waals surface area contributed by atoms with Crippen molar-refractivity contribution in [2.45, 2.75) is 17.3 Å². The van der Waals surface area contributed by atoms with Crippen LogP contribution in [0.1, 0.15) is 6.92 Å². The van der Waals surface area contributed by atoms with E-state index < -0.39 is 0 Å². The molecule has 0 aliphatic carbocycles. The van der Waals surface area contributed by atoms with Gasteiger partial charge in [-0.1, -0.05) is 48.2 Å². The molecule has 2 heterocycles. The maximum atomic E-state index is 12.7. The minimum atomic E-state index is -0.386. The number of thiazole rings is 1. The summed E-state index contributed by atoms with van der Waals surface area (Å²) in [5.74, 6) is 0.593. The van der Waals surface area contributed by atoms with Crippen LogP contribution in [0.25, 0.3) is 16.9 Å². The number of benzene rings is 2. The first-order valence-electron chi connectivity index (χ1n) is 9.17. The number of ether oxygens (including phenoxy) is 1. The third-order valence-corrected chi connectivity index (χ3v) is 6.12. The molecule has 0 bridgehead atoms. The molecule has 1 atom stereocenters. The van der Waals surface area contributed by atoms with Crippen molar-refractivity contribution < 1.29 is 9.53 Å². The van der Waals surface area contributed by atoms with Gasteiger partial charge in [0.25, 0.3) is 0 Å². The van der Waals surface area contributed by atoms with Crippen molar-refractivity contribution in [3.8, 4) is 22.7 Å². The number of carbonyl (C=O) groups excluding carboxylic acids is 1. The zero-order chi connectivity index (χ0) is 20.9. The summed E-state index contributed by atoms with van der Waals surface area (Å²) in [4.78, 5) is 17.2. The van der Waals surface area contributed by atoms with Gasteiger partial charge in [0, 0.05) is 17.0 Å². The Labute approximate surface area is 182 Å². The Kier molecular flexibility index (Phi) is 6.10. The molecule has 0 aliphatic heterocycles. The van der Waals surface area contributed by atoms with E-state index in [0.717, 1.165) is 22.7 Å². The normalized spacial score (nSPS) is 11.8. The first kappa shape index (κ1) is 20.1. The number of hydrogen-bond donors (Lipinski definition) is 1. The molecule has 1 N–H and O–H groups in total. The van der Waals surface area contributed by atoms with Crippen LogP contribution in [0, 0.1) is 0 Å². The number of aromatic nitrogens is 4. The Hall–Kier alpha value is -3.17. The number of rotatable bonds is 7. The van der Waals surface area contributed by atoms with Crippen molar-refractivity contribution in [2.75, 3.05) is 12.4 Å². The minimum Gasteiger partial charge on any atom is -0.497 e. The van der Waals surface area contributed by atoms with Crippen LogP contribution in [0.5, 0.6) is 5.75 Å². The number of nitrogens with zero attached hydrogens (tertiary/aromatic N) is 4. The van der Waals surface area contributed by atoms with Gasteiger partial charge in [-0.25, -0.2) is 4.98 Å². The van der Waals surface area contributed by atoms with Crippen molar-refractivity contribution >= 4 is 34.1 Å². The molecule has 2 aromatic heterocycles. The van der Waals surface area contributed by atoms with Crippen LogP contribution in [-0.4, -0.2) is 38.0 Å². The van der Waals surface area contributed by atoms with Crippen LogP contribution in [0.15, 0.2) is 71.5 Å². The summed E-state index contributed by atoms with van der Waals surface area (Å²) < 4.78 is 7.11. The van der Waals surface area contributed by atoms with Gasteiger partial charge in [-0.2, -0.15) is 0 Å². The summed E-state index contributed by atoms with van der Waals surface area (Å²) in [6.07, 6.45) is 1.62. The average Bonchev–Trinajstić information content (AvgIpc) is 3.44. The number of methoxy groups -OCH3 is 1. The van der Waals surface area contributed by atoms with Crippen LogP contribution in [0.3, 0.4) is 0 Å². The maximum Gasteiger partial charge on any atom is 0.239 e. The SMILES string of the molecule is COc1cccc(-n2cnnc2S[C@H](C)C(=O)Nc2nc(-c3ccccc3)cs2)c1. The predicted molar refractivity (Wildman–Crippen MR) is 119 cm³/mol. The third kappa shape index (κ3) is 4.52. The predicted octanol–water partition coefficient (Wildman–Crippen LogP) is 4.52. The number of hydrogen-bond acceptors (Lipinski definition) is 7. The lowest BCUT2D eigenvalue weighted by Gasteiger charge is -2.12. The van der Waals surface area contributed by atoms with E-state index in [1.165, 1.54) is 23.1 Å². The summed E-state index contributed by atoms with van der Waals surface area (Å²) in [5.41, 5.74) is 2.72. The molecular formula is C21H19N5O2S2. The minimum absolute atomic E-state index is 0.144. The van der Waals surface area contributed by atoms with Crippen LogP contribution in [0.4, 0.5) is 5.13 Å². The molecule has 0 radical (unpaired) electrons. The van der Waals surface area contributed by atoms with E-state index in [1.54, 1.807) is 13.4 Å². The van der Waals surface area contributed by atoms with Gasteiger partial charge in [0.1, 0.15) is 12.1 Å². The molecule has 9 heteroatoms. The highest BCUT2D eigenvalue weighted by molar-refractivity contribution is 8.00. The standard InChI is InChI=1S/C21H19N5O2S2/c1-14(19(27)24-20-23-18(12-29-20)15-7-4-3-5-8-15)30-21-25-22-13-26(21)16-9-6-10-17(11-16)28-2/h3-14H,1-2H3,(H,23,24,27)/t14-/m1/s1. The third-order valence-electron chi connectivity index (χ3n) is 4.30.